The number of rotatable bonds is 6. The predicted octanol–water partition coefficient (Wildman–Crippen LogP) is 3.95. The van der Waals surface area contributed by atoms with Crippen molar-refractivity contribution < 1.29 is 4.21 Å². The van der Waals surface area contributed by atoms with Crippen molar-refractivity contribution in [3.05, 3.63) is 0 Å². The molecule has 0 aromatic rings. The van der Waals surface area contributed by atoms with Crippen LogP contribution < -0.4 is 0 Å². The second-order valence-electron chi connectivity index (χ2n) is 7.60. The van der Waals surface area contributed by atoms with Crippen molar-refractivity contribution in [1.29, 1.82) is 0 Å². The van der Waals surface area contributed by atoms with Crippen LogP contribution in [0.4, 0.5) is 0 Å². The highest BCUT2D eigenvalue weighted by Crippen LogP contribution is 2.23. The zero-order chi connectivity index (χ0) is 14.6. The lowest BCUT2D eigenvalue weighted by Gasteiger charge is -2.36. The summed E-state index contributed by atoms with van der Waals surface area (Å²) in [6.07, 6.45) is 6.57. The van der Waals surface area contributed by atoms with E-state index in [2.05, 4.69) is 51.7 Å². The van der Waals surface area contributed by atoms with Crippen LogP contribution in [0, 0.1) is 5.41 Å². The predicted molar refractivity (Wildman–Crippen MR) is 85.6 cm³/mol. The maximum absolute atomic E-state index is 12.2. The lowest BCUT2D eigenvalue weighted by Crippen LogP contribution is -2.45. The number of nitrogens with zero attached hydrogens (tertiary/aromatic N) is 1. The first-order valence-electron chi connectivity index (χ1n) is 6.94. The average Bonchev–Trinajstić information content (AvgIpc) is 2.04. The molecule has 0 N–H and O–H groups in total. The Balaban J connectivity index is 4.17. The Labute approximate surface area is 115 Å². The van der Waals surface area contributed by atoms with Crippen LogP contribution >= 0.6 is 0 Å². The Morgan fingerprint density at radius 2 is 1.50 bits per heavy atom. The molecule has 0 aliphatic heterocycles. The normalized spacial score (nSPS) is 16.9. The molecule has 0 amide bonds. The van der Waals surface area contributed by atoms with Crippen molar-refractivity contribution in [1.82, 2.24) is 4.31 Å². The number of hydrogen-bond acceptors (Lipinski definition) is 1. The monoisotopic (exact) mass is 275 g/mol. The fourth-order valence-corrected chi connectivity index (χ4v) is 3.87. The van der Waals surface area contributed by atoms with Gasteiger partial charge in [0, 0.05) is 28.0 Å². The summed E-state index contributed by atoms with van der Waals surface area (Å²) < 4.78 is 14.2. The van der Waals surface area contributed by atoms with Crippen LogP contribution in [-0.4, -0.2) is 32.7 Å². The molecule has 0 aliphatic rings. The highest BCUT2D eigenvalue weighted by atomic mass is 32.2. The van der Waals surface area contributed by atoms with E-state index in [1.165, 1.54) is 19.3 Å². The number of hydrogen-bond donors (Lipinski definition) is 0. The van der Waals surface area contributed by atoms with Crippen molar-refractivity contribution in [2.45, 2.75) is 72.8 Å². The molecule has 0 fully saturated rings. The smallest absolute Gasteiger partial charge is 0.0250 e. The summed E-state index contributed by atoms with van der Waals surface area (Å²) in [6, 6.07) is 0. The van der Waals surface area contributed by atoms with Gasteiger partial charge in [-0.25, -0.2) is 4.31 Å². The number of unbranched alkanes of at least 4 members (excludes halogenated alkanes) is 2. The minimum absolute atomic E-state index is 0.0718. The molecular formula is C15H33NOS. The first-order valence-corrected chi connectivity index (χ1v) is 9.03. The van der Waals surface area contributed by atoms with Gasteiger partial charge < -0.3 is 0 Å². The van der Waals surface area contributed by atoms with Gasteiger partial charge >= 0.3 is 0 Å². The van der Waals surface area contributed by atoms with Crippen LogP contribution in [0.3, 0.4) is 0 Å². The maximum atomic E-state index is 12.2. The Morgan fingerprint density at radius 3 is 1.83 bits per heavy atom. The summed E-state index contributed by atoms with van der Waals surface area (Å²) in [6.45, 7) is 14.0. The molecule has 110 valence electrons. The molecule has 2 nitrogen and oxygen atoms in total. The van der Waals surface area contributed by atoms with Gasteiger partial charge in [-0.05, 0) is 44.9 Å². The highest BCUT2D eigenvalue weighted by molar-refractivity contribution is 7.97. The Kier molecular flexibility index (Phi) is 6.42. The summed E-state index contributed by atoms with van der Waals surface area (Å²) in [5.41, 5.74) is 0.353. The summed E-state index contributed by atoms with van der Waals surface area (Å²) in [5.74, 6) is 3.83. The summed E-state index contributed by atoms with van der Waals surface area (Å²) in [4.78, 5) is 0. The SMILES string of the molecule is C=S(C)(=O)N(CCCCCC(C)(C)C)C(C)(C)C. The molecular weight excluding hydrogens is 242 g/mol. The topological polar surface area (TPSA) is 20.3 Å². The van der Waals surface area contributed by atoms with Crippen molar-refractivity contribution in [3.63, 3.8) is 0 Å². The fraction of sp³-hybridized carbons (Fsp3) is 0.933. The molecule has 0 aliphatic carbocycles. The van der Waals surface area contributed by atoms with Gasteiger partial charge in [0.15, 0.2) is 0 Å². The van der Waals surface area contributed by atoms with Crippen molar-refractivity contribution >= 4 is 15.6 Å². The van der Waals surface area contributed by atoms with Gasteiger partial charge in [0.25, 0.3) is 0 Å². The minimum Gasteiger partial charge on any atom is -0.253 e. The van der Waals surface area contributed by atoms with E-state index >= 15 is 0 Å². The summed E-state index contributed by atoms with van der Waals surface area (Å²) in [7, 11) is -2.10. The lowest BCUT2D eigenvalue weighted by molar-refractivity contribution is 0.254. The van der Waals surface area contributed by atoms with Crippen LogP contribution in [-0.2, 0) is 9.71 Å². The van der Waals surface area contributed by atoms with Crippen molar-refractivity contribution in [2.75, 3.05) is 12.8 Å². The van der Waals surface area contributed by atoms with Gasteiger partial charge in [-0.1, -0.05) is 33.6 Å². The van der Waals surface area contributed by atoms with Gasteiger partial charge in [0.1, 0.15) is 0 Å². The van der Waals surface area contributed by atoms with E-state index in [4.69, 9.17) is 0 Å². The van der Waals surface area contributed by atoms with Gasteiger partial charge in [0.05, 0.1) is 0 Å². The average molecular weight is 276 g/mol. The van der Waals surface area contributed by atoms with E-state index in [-0.39, 0.29) is 5.54 Å². The van der Waals surface area contributed by atoms with Gasteiger partial charge in [0.2, 0.25) is 0 Å². The Bertz CT molecular complexity index is 330. The molecule has 1 atom stereocenters. The molecule has 0 saturated heterocycles. The standard InChI is InChI=1S/C15H33NOS/c1-14(2,3)12-10-9-11-13-16(15(4,5)6)18(7,8)17/h7,9-13H2,1-6,8H3. The van der Waals surface area contributed by atoms with Crippen LogP contribution in [0.25, 0.3) is 0 Å². The van der Waals surface area contributed by atoms with E-state index < -0.39 is 9.71 Å². The quantitative estimate of drug-likeness (QED) is 0.531. The summed E-state index contributed by atoms with van der Waals surface area (Å²) in [5, 5.41) is 0. The molecule has 0 aromatic heterocycles. The maximum Gasteiger partial charge on any atom is 0.0250 e. The van der Waals surface area contributed by atoms with Crippen molar-refractivity contribution in [3.8, 4) is 0 Å². The van der Waals surface area contributed by atoms with E-state index in [9.17, 15) is 4.21 Å². The molecule has 3 heteroatoms. The van der Waals surface area contributed by atoms with E-state index in [1.54, 1.807) is 6.26 Å². The first-order chi connectivity index (χ1) is 7.84. The van der Waals surface area contributed by atoms with Gasteiger partial charge in [-0.2, -0.15) is 0 Å². The molecule has 0 radical (unpaired) electrons. The summed E-state index contributed by atoms with van der Waals surface area (Å²) >= 11 is 0. The largest absolute Gasteiger partial charge is 0.253 e. The molecule has 0 bridgehead atoms. The third-order valence-electron chi connectivity index (χ3n) is 3.00. The van der Waals surface area contributed by atoms with Crippen LogP contribution in [0.1, 0.15) is 67.2 Å². The molecule has 0 saturated carbocycles. The lowest BCUT2D eigenvalue weighted by atomic mass is 9.89. The third kappa shape index (κ3) is 8.15. The first kappa shape index (κ1) is 18.0. The van der Waals surface area contributed by atoms with E-state index in [1.807, 2.05) is 0 Å². The van der Waals surface area contributed by atoms with Gasteiger partial charge in [-0.15, -0.1) is 0 Å². The van der Waals surface area contributed by atoms with Crippen LogP contribution in [0.15, 0.2) is 0 Å². The van der Waals surface area contributed by atoms with Crippen molar-refractivity contribution in [2.24, 2.45) is 5.41 Å². The van der Waals surface area contributed by atoms with Crippen LogP contribution in [0.2, 0.25) is 0 Å². The molecule has 0 aromatic carbocycles. The van der Waals surface area contributed by atoms with E-state index in [0.717, 1.165) is 13.0 Å². The zero-order valence-electron chi connectivity index (χ0n) is 13.5. The van der Waals surface area contributed by atoms with Crippen LogP contribution in [0.5, 0.6) is 0 Å². The minimum atomic E-state index is -2.10. The fourth-order valence-electron chi connectivity index (χ4n) is 2.20. The Hall–Kier alpha value is -0.0200. The molecule has 0 heterocycles. The van der Waals surface area contributed by atoms with Gasteiger partial charge in [-0.3, -0.25) is 4.21 Å². The third-order valence-corrected chi connectivity index (χ3v) is 4.67. The second kappa shape index (κ2) is 6.42. The Morgan fingerprint density at radius 1 is 1.00 bits per heavy atom. The molecule has 1 unspecified atom stereocenters. The highest BCUT2D eigenvalue weighted by Gasteiger charge is 2.25. The zero-order valence-corrected chi connectivity index (χ0v) is 14.3. The second-order valence-corrected chi connectivity index (χ2v) is 9.96. The van der Waals surface area contributed by atoms with E-state index in [0.29, 0.717) is 5.41 Å². The molecule has 18 heavy (non-hydrogen) atoms. The molecule has 0 spiro atoms. The molecule has 0 rings (SSSR count).